The summed E-state index contributed by atoms with van der Waals surface area (Å²) >= 11 is 3.39. The van der Waals surface area contributed by atoms with Gasteiger partial charge in [-0.1, -0.05) is 34.1 Å². The predicted octanol–water partition coefficient (Wildman–Crippen LogP) is 4.52. The highest BCUT2D eigenvalue weighted by molar-refractivity contribution is 9.10. The van der Waals surface area contributed by atoms with Crippen molar-refractivity contribution in [1.29, 1.82) is 0 Å². The number of hydrogen-bond acceptors (Lipinski definition) is 6. The van der Waals surface area contributed by atoms with Gasteiger partial charge in [0.25, 0.3) is 5.91 Å². The average Bonchev–Trinajstić information content (AvgIpc) is 3.36. The van der Waals surface area contributed by atoms with Gasteiger partial charge in [0, 0.05) is 10.0 Å². The molecule has 2 fully saturated rings. The van der Waals surface area contributed by atoms with Gasteiger partial charge in [-0.15, -0.1) is 0 Å². The summed E-state index contributed by atoms with van der Waals surface area (Å²) in [5.74, 6) is -0.280. The lowest BCUT2D eigenvalue weighted by molar-refractivity contribution is -0.126. The van der Waals surface area contributed by atoms with Crippen molar-refractivity contribution in [2.24, 2.45) is 5.92 Å². The first-order valence-electron chi connectivity index (χ1n) is 10.4. The third-order valence-corrected chi connectivity index (χ3v) is 6.50. The van der Waals surface area contributed by atoms with Crippen LogP contribution >= 0.6 is 15.9 Å². The molecule has 2 amide bonds. The van der Waals surface area contributed by atoms with Crippen molar-refractivity contribution in [1.82, 2.24) is 0 Å². The van der Waals surface area contributed by atoms with Crippen molar-refractivity contribution in [2.45, 2.75) is 12.1 Å². The lowest BCUT2D eigenvalue weighted by Crippen LogP contribution is -2.37. The SMILES string of the molecule is COc1ccc(OC)c([C@@H]2[C@@H]3C(=O)N(c4ccc(Br)cc4)C(=O)[C@H]3ON2c2ccccc2)c1. The molecule has 7 nitrogen and oxygen atoms in total. The summed E-state index contributed by atoms with van der Waals surface area (Å²) in [4.78, 5) is 34.5. The largest absolute Gasteiger partial charge is 0.497 e. The number of methoxy groups -OCH3 is 2. The molecule has 0 unspecified atom stereocenters. The number of nitrogens with zero attached hydrogens (tertiary/aromatic N) is 2. The molecule has 2 aliphatic rings. The molecule has 0 bridgehead atoms. The monoisotopic (exact) mass is 508 g/mol. The molecule has 168 valence electrons. The average molecular weight is 509 g/mol. The molecule has 33 heavy (non-hydrogen) atoms. The van der Waals surface area contributed by atoms with Gasteiger partial charge in [-0.3, -0.25) is 14.4 Å². The smallest absolute Gasteiger partial charge is 0.266 e. The van der Waals surface area contributed by atoms with Crippen LogP contribution in [0.2, 0.25) is 0 Å². The Morgan fingerprint density at radius 1 is 0.848 bits per heavy atom. The van der Waals surface area contributed by atoms with Crippen LogP contribution in [0.3, 0.4) is 0 Å². The quantitative estimate of drug-likeness (QED) is 0.472. The molecule has 0 aliphatic carbocycles. The number of hydroxylamine groups is 1. The van der Waals surface area contributed by atoms with Crippen LogP contribution in [0.1, 0.15) is 11.6 Å². The van der Waals surface area contributed by atoms with Crippen LogP contribution in [-0.4, -0.2) is 32.1 Å². The number of carbonyl (C=O) groups is 2. The van der Waals surface area contributed by atoms with Crippen molar-refractivity contribution in [2.75, 3.05) is 24.2 Å². The van der Waals surface area contributed by atoms with Gasteiger partial charge in [0.15, 0.2) is 6.10 Å². The maximum absolute atomic E-state index is 13.7. The molecule has 2 heterocycles. The van der Waals surface area contributed by atoms with Gasteiger partial charge in [0.05, 0.1) is 25.6 Å². The molecular weight excluding hydrogens is 488 g/mol. The van der Waals surface area contributed by atoms with Crippen LogP contribution in [0, 0.1) is 5.92 Å². The van der Waals surface area contributed by atoms with Crippen molar-refractivity contribution in [3.05, 3.63) is 82.8 Å². The van der Waals surface area contributed by atoms with Crippen LogP contribution in [0.4, 0.5) is 11.4 Å². The number of ether oxygens (including phenoxy) is 2. The maximum Gasteiger partial charge on any atom is 0.266 e. The van der Waals surface area contributed by atoms with E-state index in [-0.39, 0.29) is 5.91 Å². The first-order valence-corrected chi connectivity index (χ1v) is 11.2. The van der Waals surface area contributed by atoms with Gasteiger partial charge in [0.2, 0.25) is 5.91 Å². The van der Waals surface area contributed by atoms with E-state index in [0.29, 0.717) is 22.7 Å². The number of hydrogen-bond donors (Lipinski definition) is 0. The summed E-state index contributed by atoms with van der Waals surface area (Å²) < 4.78 is 11.9. The van der Waals surface area contributed by atoms with Gasteiger partial charge >= 0.3 is 0 Å². The summed E-state index contributed by atoms with van der Waals surface area (Å²) in [5.41, 5.74) is 1.94. The van der Waals surface area contributed by atoms with Crippen molar-refractivity contribution >= 4 is 39.1 Å². The zero-order valence-electron chi connectivity index (χ0n) is 18.0. The van der Waals surface area contributed by atoms with Gasteiger partial charge in [-0.05, 0) is 54.6 Å². The first kappa shape index (κ1) is 21.5. The van der Waals surface area contributed by atoms with E-state index in [9.17, 15) is 9.59 Å². The number of halogens is 1. The summed E-state index contributed by atoms with van der Waals surface area (Å²) in [6.45, 7) is 0. The van der Waals surface area contributed by atoms with E-state index >= 15 is 0 Å². The minimum Gasteiger partial charge on any atom is -0.497 e. The minimum absolute atomic E-state index is 0.319. The molecule has 3 aromatic rings. The molecule has 0 spiro atoms. The second-order valence-corrected chi connectivity index (χ2v) is 8.67. The second-order valence-electron chi connectivity index (χ2n) is 7.75. The standard InChI is InChI=1S/C25H21BrN2O5/c1-31-18-12-13-20(32-2)19(14-18)22-21-23(33-28(22)17-6-4-3-5-7-17)25(30)27(24(21)29)16-10-8-15(26)9-11-16/h3-14,21-23H,1-2H3/t21-,22+,23-/m0/s1. The number of benzene rings is 3. The number of imide groups is 1. The van der Waals surface area contributed by atoms with E-state index in [1.165, 1.54) is 4.90 Å². The Labute approximate surface area is 199 Å². The Bertz CT molecular complexity index is 1200. The second kappa shape index (κ2) is 8.53. The fourth-order valence-corrected chi connectivity index (χ4v) is 4.71. The Hall–Kier alpha value is -3.36. The lowest BCUT2D eigenvalue weighted by Gasteiger charge is -2.29. The zero-order valence-corrected chi connectivity index (χ0v) is 19.6. The molecule has 0 aromatic heterocycles. The van der Waals surface area contributed by atoms with Crippen LogP contribution < -0.4 is 19.4 Å². The van der Waals surface area contributed by atoms with Crippen LogP contribution in [0.15, 0.2) is 77.3 Å². The normalized spacial score (nSPS) is 22.0. The number of amides is 2. The van der Waals surface area contributed by atoms with Crippen LogP contribution in [0.25, 0.3) is 0 Å². The van der Waals surface area contributed by atoms with Crippen LogP contribution in [-0.2, 0) is 14.4 Å². The minimum atomic E-state index is -0.956. The Kier molecular flexibility index (Phi) is 5.55. The van der Waals surface area contributed by atoms with E-state index in [2.05, 4.69) is 15.9 Å². The first-order chi connectivity index (χ1) is 16.0. The highest BCUT2D eigenvalue weighted by atomic mass is 79.9. The van der Waals surface area contributed by atoms with E-state index in [1.54, 1.807) is 55.7 Å². The molecule has 0 N–H and O–H groups in total. The molecule has 3 atom stereocenters. The number of carbonyl (C=O) groups excluding carboxylic acids is 2. The topological polar surface area (TPSA) is 68.3 Å². The maximum atomic E-state index is 13.7. The summed E-state index contributed by atoms with van der Waals surface area (Å²) in [5, 5.41) is 1.64. The van der Waals surface area contributed by atoms with Gasteiger partial charge < -0.3 is 9.47 Å². The summed E-state index contributed by atoms with van der Waals surface area (Å²) in [6, 6.07) is 21.3. The van der Waals surface area contributed by atoms with Crippen LogP contribution in [0.5, 0.6) is 11.5 Å². The van der Waals surface area contributed by atoms with E-state index in [1.807, 2.05) is 36.4 Å². The predicted molar refractivity (Wildman–Crippen MR) is 126 cm³/mol. The molecule has 3 aromatic carbocycles. The van der Waals surface area contributed by atoms with Crippen molar-refractivity contribution in [3.63, 3.8) is 0 Å². The third-order valence-electron chi connectivity index (χ3n) is 5.97. The Morgan fingerprint density at radius 2 is 1.58 bits per heavy atom. The molecule has 0 radical (unpaired) electrons. The fraction of sp³-hybridized carbons (Fsp3) is 0.200. The molecule has 2 saturated heterocycles. The Morgan fingerprint density at radius 3 is 2.24 bits per heavy atom. The molecule has 0 saturated carbocycles. The molecular formula is C25H21BrN2O5. The number of fused-ring (bicyclic) bond motifs is 1. The van der Waals surface area contributed by atoms with E-state index < -0.39 is 24.0 Å². The number of anilines is 2. The van der Waals surface area contributed by atoms with Gasteiger partial charge in [0.1, 0.15) is 23.5 Å². The highest BCUT2D eigenvalue weighted by Gasteiger charge is 2.60. The summed E-state index contributed by atoms with van der Waals surface area (Å²) in [6.07, 6.45) is -0.956. The summed E-state index contributed by atoms with van der Waals surface area (Å²) in [7, 11) is 3.15. The van der Waals surface area contributed by atoms with Gasteiger partial charge in [-0.25, -0.2) is 9.96 Å². The highest BCUT2D eigenvalue weighted by Crippen LogP contribution is 2.50. The molecule has 5 rings (SSSR count). The number of para-hydroxylation sites is 1. The molecule has 2 aliphatic heterocycles. The third kappa shape index (κ3) is 3.55. The zero-order chi connectivity index (χ0) is 23.1. The Balaban J connectivity index is 1.63. The molecule has 8 heteroatoms. The lowest BCUT2D eigenvalue weighted by atomic mass is 9.89. The van der Waals surface area contributed by atoms with Crippen molar-refractivity contribution < 1.29 is 23.9 Å². The van der Waals surface area contributed by atoms with Gasteiger partial charge in [-0.2, -0.15) is 0 Å². The number of rotatable bonds is 5. The van der Waals surface area contributed by atoms with E-state index in [4.69, 9.17) is 14.3 Å². The van der Waals surface area contributed by atoms with Crippen molar-refractivity contribution in [3.8, 4) is 11.5 Å². The fourth-order valence-electron chi connectivity index (χ4n) is 4.44. The van der Waals surface area contributed by atoms with E-state index in [0.717, 1.165) is 10.2 Å².